The Bertz CT molecular complexity index is 612. The SMILES string of the molecule is CCC=C(C)NC1=C(O)c2ccccc2C(=O)C1=O. The molecular weight excluding hydrogens is 242 g/mol. The Labute approximate surface area is 111 Å². The van der Waals surface area contributed by atoms with Crippen molar-refractivity contribution >= 4 is 17.3 Å². The van der Waals surface area contributed by atoms with E-state index in [1.54, 1.807) is 25.1 Å². The molecule has 0 bridgehead atoms. The standard InChI is InChI=1S/C15H15NO3/c1-3-6-9(2)16-12-13(17)10-7-4-5-8-11(10)14(18)15(12)19/h4-8,16-17H,3H2,1-2H3. The van der Waals surface area contributed by atoms with E-state index in [1.165, 1.54) is 6.07 Å². The lowest BCUT2D eigenvalue weighted by atomic mass is 9.91. The Hall–Kier alpha value is -2.36. The molecule has 2 rings (SSSR count). The third-order valence-electron chi connectivity index (χ3n) is 2.93. The van der Waals surface area contributed by atoms with Crippen LogP contribution in [0.4, 0.5) is 0 Å². The number of aliphatic hydroxyl groups excluding tert-OH is 1. The van der Waals surface area contributed by atoms with Crippen LogP contribution in [0.2, 0.25) is 0 Å². The minimum absolute atomic E-state index is 0.0501. The van der Waals surface area contributed by atoms with Gasteiger partial charge < -0.3 is 10.4 Å². The van der Waals surface area contributed by atoms with E-state index in [0.29, 0.717) is 5.56 Å². The third-order valence-corrected chi connectivity index (χ3v) is 2.93. The lowest BCUT2D eigenvalue weighted by Crippen LogP contribution is -2.31. The van der Waals surface area contributed by atoms with E-state index in [0.717, 1.165) is 12.1 Å². The number of hydrogen-bond acceptors (Lipinski definition) is 4. The second-order valence-electron chi connectivity index (χ2n) is 4.35. The molecule has 0 saturated carbocycles. The fourth-order valence-electron chi connectivity index (χ4n) is 2.04. The number of hydrogen-bond donors (Lipinski definition) is 2. The van der Waals surface area contributed by atoms with Gasteiger partial charge in [0.15, 0.2) is 5.76 Å². The molecule has 19 heavy (non-hydrogen) atoms. The van der Waals surface area contributed by atoms with Crippen molar-refractivity contribution < 1.29 is 14.7 Å². The third kappa shape index (κ3) is 2.29. The fourth-order valence-corrected chi connectivity index (χ4v) is 2.04. The summed E-state index contributed by atoms with van der Waals surface area (Å²) in [5.41, 5.74) is 1.31. The average Bonchev–Trinajstić information content (AvgIpc) is 2.41. The molecule has 4 heteroatoms. The first kappa shape index (κ1) is 13.1. The molecule has 1 aromatic carbocycles. The summed E-state index contributed by atoms with van der Waals surface area (Å²) in [6.07, 6.45) is 2.67. The van der Waals surface area contributed by atoms with Gasteiger partial charge in [-0.05, 0) is 13.3 Å². The number of carbonyl (C=O) groups excluding carboxylic acids is 2. The van der Waals surface area contributed by atoms with Gasteiger partial charge in [-0.3, -0.25) is 9.59 Å². The first-order chi connectivity index (χ1) is 9.06. The molecule has 0 spiro atoms. The van der Waals surface area contributed by atoms with E-state index in [9.17, 15) is 14.7 Å². The summed E-state index contributed by atoms with van der Waals surface area (Å²) in [6, 6.07) is 6.54. The van der Waals surface area contributed by atoms with Gasteiger partial charge >= 0.3 is 0 Å². The topological polar surface area (TPSA) is 66.4 Å². The van der Waals surface area contributed by atoms with Gasteiger partial charge in [-0.2, -0.15) is 0 Å². The van der Waals surface area contributed by atoms with Crippen molar-refractivity contribution in [2.75, 3.05) is 0 Å². The number of ketones is 2. The summed E-state index contributed by atoms with van der Waals surface area (Å²) < 4.78 is 0. The fraction of sp³-hybridized carbons (Fsp3) is 0.200. The number of Topliss-reactive ketones (excluding diaryl/α,β-unsaturated/α-hetero) is 2. The Morgan fingerprint density at radius 2 is 1.84 bits per heavy atom. The number of fused-ring (bicyclic) bond motifs is 1. The molecule has 0 radical (unpaired) electrons. The van der Waals surface area contributed by atoms with Crippen LogP contribution in [0.25, 0.3) is 5.76 Å². The first-order valence-electron chi connectivity index (χ1n) is 6.11. The van der Waals surface area contributed by atoms with Crippen LogP contribution in [0.3, 0.4) is 0 Å². The summed E-state index contributed by atoms with van der Waals surface area (Å²) in [5, 5.41) is 13.0. The minimum Gasteiger partial charge on any atom is -0.505 e. The predicted octanol–water partition coefficient (Wildman–Crippen LogP) is 2.58. The summed E-state index contributed by atoms with van der Waals surface area (Å²) in [5.74, 6) is -1.48. The largest absolute Gasteiger partial charge is 0.505 e. The molecule has 0 saturated heterocycles. The molecule has 1 aromatic rings. The molecule has 0 aromatic heterocycles. The quantitative estimate of drug-likeness (QED) is 0.817. The van der Waals surface area contributed by atoms with Crippen LogP contribution in [0.5, 0.6) is 0 Å². The van der Waals surface area contributed by atoms with E-state index >= 15 is 0 Å². The number of allylic oxidation sites excluding steroid dienone is 3. The highest BCUT2D eigenvalue weighted by molar-refractivity contribution is 6.52. The van der Waals surface area contributed by atoms with E-state index in [-0.39, 0.29) is 17.0 Å². The Balaban J connectivity index is 2.51. The molecule has 0 aliphatic heterocycles. The molecule has 0 amide bonds. The highest BCUT2D eigenvalue weighted by atomic mass is 16.3. The summed E-state index contributed by atoms with van der Waals surface area (Å²) in [7, 11) is 0. The number of benzene rings is 1. The molecule has 0 unspecified atom stereocenters. The highest BCUT2D eigenvalue weighted by Gasteiger charge is 2.32. The van der Waals surface area contributed by atoms with Gasteiger partial charge in [0, 0.05) is 16.8 Å². The van der Waals surface area contributed by atoms with Crippen molar-refractivity contribution in [1.82, 2.24) is 5.32 Å². The maximum absolute atomic E-state index is 12.0. The van der Waals surface area contributed by atoms with E-state index in [4.69, 9.17) is 0 Å². The Morgan fingerprint density at radius 3 is 2.47 bits per heavy atom. The molecule has 0 heterocycles. The maximum Gasteiger partial charge on any atom is 0.253 e. The van der Waals surface area contributed by atoms with Gasteiger partial charge in [-0.15, -0.1) is 0 Å². The van der Waals surface area contributed by atoms with Crippen LogP contribution in [0, 0.1) is 0 Å². The maximum atomic E-state index is 12.0. The molecular formula is C15H15NO3. The van der Waals surface area contributed by atoms with E-state index in [2.05, 4.69) is 5.32 Å². The molecule has 1 aliphatic carbocycles. The molecule has 4 nitrogen and oxygen atoms in total. The van der Waals surface area contributed by atoms with Gasteiger partial charge in [0.1, 0.15) is 5.70 Å². The zero-order valence-electron chi connectivity index (χ0n) is 10.9. The average molecular weight is 257 g/mol. The molecule has 0 atom stereocenters. The molecule has 0 fully saturated rings. The van der Waals surface area contributed by atoms with Crippen molar-refractivity contribution in [3.8, 4) is 0 Å². The molecule has 2 N–H and O–H groups in total. The lowest BCUT2D eigenvalue weighted by molar-refractivity contribution is -0.112. The lowest BCUT2D eigenvalue weighted by Gasteiger charge is -2.19. The smallest absolute Gasteiger partial charge is 0.253 e. The van der Waals surface area contributed by atoms with Crippen molar-refractivity contribution in [1.29, 1.82) is 0 Å². The van der Waals surface area contributed by atoms with Crippen LogP contribution in [-0.4, -0.2) is 16.7 Å². The second kappa shape index (κ2) is 5.10. The summed E-state index contributed by atoms with van der Waals surface area (Å²) >= 11 is 0. The van der Waals surface area contributed by atoms with E-state index in [1.807, 2.05) is 13.0 Å². The van der Waals surface area contributed by atoms with Crippen molar-refractivity contribution in [2.24, 2.45) is 0 Å². The predicted molar refractivity (Wildman–Crippen MR) is 72.5 cm³/mol. The van der Waals surface area contributed by atoms with Crippen LogP contribution in [0.15, 0.2) is 41.7 Å². The molecule has 98 valence electrons. The number of aliphatic hydroxyl groups is 1. The van der Waals surface area contributed by atoms with Gasteiger partial charge in [-0.25, -0.2) is 0 Å². The Morgan fingerprint density at radius 1 is 1.21 bits per heavy atom. The first-order valence-corrected chi connectivity index (χ1v) is 6.11. The van der Waals surface area contributed by atoms with Gasteiger partial charge in [0.2, 0.25) is 5.78 Å². The van der Waals surface area contributed by atoms with Gasteiger partial charge in [-0.1, -0.05) is 37.3 Å². The van der Waals surface area contributed by atoms with Crippen molar-refractivity contribution in [2.45, 2.75) is 20.3 Å². The number of nitrogens with one attached hydrogen (secondary N) is 1. The zero-order chi connectivity index (χ0) is 14.0. The van der Waals surface area contributed by atoms with Gasteiger partial charge in [0.05, 0.1) is 0 Å². The van der Waals surface area contributed by atoms with Crippen molar-refractivity contribution in [3.05, 3.63) is 52.9 Å². The normalized spacial score (nSPS) is 15.6. The van der Waals surface area contributed by atoms with Gasteiger partial charge in [0.25, 0.3) is 5.78 Å². The Kier molecular flexibility index (Phi) is 3.51. The second-order valence-corrected chi connectivity index (χ2v) is 4.35. The van der Waals surface area contributed by atoms with Crippen LogP contribution >= 0.6 is 0 Å². The highest BCUT2D eigenvalue weighted by Crippen LogP contribution is 2.26. The number of carbonyl (C=O) groups is 2. The zero-order valence-corrected chi connectivity index (χ0v) is 10.9. The summed E-state index contributed by atoms with van der Waals surface area (Å²) in [4.78, 5) is 23.9. The van der Waals surface area contributed by atoms with Crippen LogP contribution in [0.1, 0.15) is 36.2 Å². The van der Waals surface area contributed by atoms with Crippen LogP contribution < -0.4 is 5.32 Å². The van der Waals surface area contributed by atoms with Crippen molar-refractivity contribution in [3.63, 3.8) is 0 Å². The number of rotatable bonds is 3. The summed E-state index contributed by atoms with van der Waals surface area (Å²) in [6.45, 7) is 3.74. The monoisotopic (exact) mass is 257 g/mol. The van der Waals surface area contributed by atoms with E-state index < -0.39 is 11.6 Å². The molecule has 1 aliphatic rings. The minimum atomic E-state index is -0.708. The van der Waals surface area contributed by atoms with Crippen LogP contribution in [-0.2, 0) is 4.79 Å².